The van der Waals surface area contributed by atoms with Crippen LogP contribution in [0.3, 0.4) is 0 Å². The number of aliphatic hydroxyl groups is 2. The van der Waals surface area contributed by atoms with Gasteiger partial charge in [-0.2, -0.15) is 5.10 Å². The van der Waals surface area contributed by atoms with Crippen molar-refractivity contribution in [3.63, 3.8) is 0 Å². The molecule has 1 aromatic heterocycles. The van der Waals surface area contributed by atoms with Gasteiger partial charge in [-0.15, -0.1) is 0 Å². The first kappa shape index (κ1) is 24.4. The molecule has 0 saturated heterocycles. The van der Waals surface area contributed by atoms with Gasteiger partial charge < -0.3 is 10.2 Å². The largest absolute Gasteiger partial charge is 0.393 e. The summed E-state index contributed by atoms with van der Waals surface area (Å²) in [6, 6.07) is 0. The number of hydrogen-bond donors (Lipinski definition) is 3. The van der Waals surface area contributed by atoms with Crippen LogP contribution in [0.5, 0.6) is 0 Å². The van der Waals surface area contributed by atoms with Crippen LogP contribution in [-0.2, 0) is 6.42 Å². The summed E-state index contributed by atoms with van der Waals surface area (Å²) >= 11 is 0. The van der Waals surface area contributed by atoms with Crippen LogP contribution in [0.2, 0.25) is 0 Å². The van der Waals surface area contributed by atoms with Gasteiger partial charge in [-0.25, -0.2) is 4.98 Å². The van der Waals surface area contributed by atoms with Gasteiger partial charge >= 0.3 is 0 Å². The van der Waals surface area contributed by atoms with Crippen molar-refractivity contribution in [2.75, 3.05) is 0 Å². The zero-order valence-corrected chi connectivity index (χ0v) is 22.5. The van der Waals surface area contributed by atoms with Gasteiger partial charge in [0.15, 0.2) is 5.82 Å². The molecule has 0 bridgehead atoms. The monoisotopic (exact) mass is 483 g/mol. The van der Waals surface area contributed by atoms with E-state index in [1.807, 2.05) is 0 Å². The molecule has 6 rings (SSSR count). The van der Waals surface area contributed by atoms with Crippen molar-refractivity contribution < 1.29 is 10.2 Å². The Balaban J connectivity index is 1.19. The van der Waals surface area contributed by atoms with Crippen LogP contribution in [0.4, 0.5) is 0 Å². The molecular weight excluding hydrogens is 434 g/mol. The Morgan fingerprint density at radius 3 is 2.46 bits per heavy atom. The average Bonchev–Trinajstić information content (AvgIpc) is 3.47. The molecule has 0 aromatic carbocycles. The van der Waals surface area contributed by atoms with Crippen molar-refractivity contribution in [1.29, 1.82) is 0 Å². The van der Waals surface area contributed by atoms with Crippen LogP contribution in [0, 0.1) is 52.3 Å². The predicted molar refractivity (Wildman–Crippen MR) is 138 cm³/mol. The van der Waals surface area contributed by atoms with Crippen LogP contribution in [0.1, 0.15) is 116 Å². The second-order valence-corrected chi connectivity index (χ2v) is 14.1. The van der Waals surface area contributed by atoms with E-state index in [9.17, 15) is 10.2 Å². The third-order valence-electron chi connectivity index (χ3n) is 12.5. The van der Waals surface area contributed by atoms with Crippen LogP contribution in [0.25, 0.3) is 0 Å². The number of aromatic amines is 1. The number of aryl methyl sites for hydroxylation is 1. The number of nitrogens with one attached hydrogen (secondary N) is 1. The van der Waals surface area contributed by atoms with Gasteiger partial charge in [0.2, 0.25) is 0 Å². The number of fused-ring (bicyclic) bond motifs is 5. The lowest BCUT2D eigenvalue weighted by Crippen LogP contribution is -2.62. The first-order valence-corrected chi connectivity index (χ1v) is 15.0. The molecule has 0 radical (unpaired) electrons. The van der Waals surface area contributed by atoms with Crippen molar-refractivity contribution in [3.05, 3.63) is 11.6 Å². The van der Waals surface area contributed by atoms with Crippen LogP contribution in [-0.4, -0.2) is 37.6 Å². The maximum Gasteiger partial charge on any atom is 0.153 e. The zero-order valence-electron chi connectivity index (χ0n) is 22.5. The molecule has 1 heterocycles. The fraction of sp³-hybridized carbons (Fsp3) is 0.933. The molecule has 0 aliphatic heterocycles. The van der Waals surface area contributed by atoms with E-state index >= 15 is 0 Å². The highest BCUT2D eigenvalue weighted by molar-refractivity contribution is 5.13. The van der Waals surface area contributed by atoms with Gasteiger partial charge in [-0.1, -0.05) is 34.1 Å². The Labute approximate surface area is 212 Å². The molecular formula is C30H49N3O2. The van der Waals surface area contributed by atoms with E-state index < -0.39 is 0 Å². The van der Waals surface area contributed by atoms with E-state index in [-0.39, 0.29) is 12.2 Å². The van der Waals surface area contributed by atoms with Crippen molar-refractivity contribution in [2.24, 2.45) is 52.3 Å². The SMILES string of the molecule is CC[C@H]1[C@@H](O)[C@@H]2[C@H](CC[C@]3(C)[C@@H]([C@H](C)CCc4nc(C5CC5)n[nH]4)CC[C@@H]23)[C@@]2(C)CC[C@@H](O)C[C@@H]12. The van der Waals surface area contributed by atoms with Crippen LogP contribution >= 0.6 is 0 Å². The first-order valence-electron chi connectivity index (χ1n) is 15.0. The number of hydrogen-bond acceptors (Lipinski definition) is 4. The normalized spacial score (nSPS) is 48.2. The average molecular weight is 484 g/mol. The van der Waals surface area contributed by atoms with E-state index in [1.165, 1.54) is 44.9 Å². The Hall–Kier alpha value is -0.940. The Bertz CT molecular complexity index is 913. The summed E-state index contributed by atoms with van der Waals surface area (Å²) in [5.74, 6) is 6.70. The van der Waals surface area contributed by atoms with E-state index in [4.69, 9.17) is 4.98 Å². The second-order valence-electron chi connectivity index (χ2n) is 14.1. The molecule has 0 amide bonds. The van der Waals surface area contributed by atoms with Gasteiger partial charge in [-0.3, -0.25) is 5.10 Å². The molecule has 0 unspecified atom stereocenters. The van der Waals surface area contributed by atoms with E-state index in [0.717, 1.165) is 49.7 Å². The number of H-pyrrole nitrogens is 1. The number of aliphatic hydroxyl groups excluding tert-OH is 2. The quantitative estimate of drug-likeness (QED) is 0.472. The molecule has 196 valence electrons. The summed E-state index contributed by atoms with van der Waals surface area (Å²) in [5, 5.41) is 30.1. The summed E-state index contributed by atoms with van der Waals surface area (Å²) < 4.78 is 0. The van der Waals surface area contributed by atoms with Crippen molar-refractivity contribution in [3.8, 4) is 0 Å². The van der Waals surface area contributed by atoms with Gasteiger partial charge in [0.05, 0.1) is 12.2 Å². The third kappa shape index (κ3) is 3.85. The summed E-state index contributed by atoms with van der Waals surface area (Å²) in [4.78, 5) is 4.78. The molecule has 5 aliphatic carbocycles. The van der Waals surface area contributed by atoms with Gasteiger partial charge in [0.1, 0.15) is 5.82 Å². The molecule has 5 aliphatic rings. The van der Waals surface area contributed by atoms with Gasteiger partial charge in [-0.05, 0) is 116 Å². The van der Waals surface area contributed by atoms with Crippen LogP contribution in [0.15, 0.2) is 0 Å². The number of rotatable bonds is 6. The minimum Gasteiger partial charge on any atom is -0.393 e. The summed E-state index contributed by atoms with van der Waals surface area (Å²) in [6.45, 7) is 9.89. The maximum atomic E-state index is 11.9. The van der Waals surface area contributed by atoms with Gasteiger partial charge in [0.25, 0.3) is 0 Å². The lowest BCUT2D eigenvalue weighted by Gasteiger charge is -2.64. The number of aromatic nitrogens is 3. The lowest BCUT2D eigenvalue weighted by molar-refractivity contribution is -0.203. The molecule has 5 nitrogen and oxygen atoms in total. The standard InChI is InChI=1S/C30H49N3O2/c1-5-20-24-16-19(34)12-14-30(24,4)23-13-15-29(3)21(9-10-22(29)26(23)27(20)35)17(2)6-11-25-31-28(33-32-25)18-7-8-18/h17-24,26-27,34-35H,5-16H2,1-4H3,(H,31,32,33)/t17-,19-,20-,21-,22+,23+,24+,26+,27-,29-,30-/m1/s1. The highest BCUT2D eigenvalue weighted by Gasteiger charge is 2.64. The molecule has 5 fully saturated rings. The molecule has 3 N–H and O–H groups in total. The number of nitrogens with zero attached hydrogens (tertiary/aromatic N) is 2. The van der Waals surface area contributed by atoms with Crippen molar-refractivity contribution in [2.45, 2.75) is 123 Å². The van der Waals surface area contributed by atoms with Crippen molar-refractivity contribution in [1.82, 2.24) is 15.2 Å². The minimum absolute atomic E-state index is 0.166. The smallest absolute Gasteiger partial charge is 0.153 e. The first-order chi connectivity index (χ1) is 16.8. The van der Waals surface area contributed by atoms with Crippen LogP contribution < -0.4 is 0 Å². The zero-order chi connectivity index (χ0) is 24.5. The lowest BCUT2D eigenvalue weighted by atomic mass is 9.41. The molecule has 11 atom stereocenters. The Morgan fingerprint density at radius 1 is 0.971 bits per heavy atom. The fourth-order valence-electron chi connectivity index (χ4n) is 10.4. The molecule has 5 heteroatoms. The van der Waals surface area contributed by atoms with Gasteiger partial charge in [0, 0.05) is 12.3 Å². The Kier molecular flexibility index (Phi) is 6.15. The second kappa shape index (κ2) is 8.82. The predicted octanol–water partition coefficient (Wildman–Crippen LogP) is 5.88. The van der Waals surface area contributed by atoms with E-state index in [2.05, 4.69) is 37.9 Å². The highest BCUT2D eigenvalue weighted by Crippen LogP contribution is 2.69. The minimum atomic E-state index is -0.193. The van der Waals surface area contributed by atoms with Crippen molar-refractivity contribution >= 4 is 0 Å². The Morgan fingerprint density at radius 2 is 1.71 bits per heavy atom. The molecule has 5 saturated carbocycles. The topological polar surface area (TPSA) is 82.0 Å². The fourth-order valence-corrected chi connectivity index (χ4v) is 10.4. The molecule has 1 aromatic rings. The summed E-state index contributed by atoms with van der Waals surface area (Å²) in [6.07, 6.45) is 13.6. The maximum absolute atomic E-state index is 11.9. The highest BCUT2D eigenvalue weighted by atomic mass is 16.3. The molecule has 35 heavy (non-hydrogen) atoms. The summed E-state index contributed by atoms with van der Waals surface area (Å²) in [7, 11) is 0. The van der Waals surface area contributed by atoms with E-state index in [1.54, 1.807) is 0 Å². The molecule has 0 spiro atoms. The van der Waals surface area contributed by atoms with E-state index in [0.29, 0.717) is 52.3 Å². The third-order valence-corrected chi connectivity index (χ3v) is 12.5. The summed E-state index contributed by atoms with van der Waals surface area (Å²) in [5.41, 5.74) is 0.637.